The van der Waals surface area contributed by atoms with Crippen LogP contribution in [0.25, 0.3) is 27.3 Å². The molecule has 7 heteroatoms. The Kier molecular flexibility index (Phi) is 2.04. The SMILES string of the molecule is Nc1nc2ccc(-c3nnc4cccnn34)cc2s1. The number of benzene rings is 1. The van der Waals surface area contributed by atoms with Gasteiger partial charge in [0.1, 0.15) is 0 Å². The zero-order chi connectivity index (χ0) is 12.8. The van der Waals surface area contributed by atoms with Crippen LogP contribution in [0, 0.1) is 0 Å². The van der Waals surface area contributed by atoms with Crippen molar-refractivity contribution in [3.63, 3.8) is 0 Å². The fraction of sp³-hybridized carbons (Fsp3) is 0. The summed E-state index contributed by atoms with van der Waals surface area (Å²) in [6.07, 6.45) is 1.71. The zero-order valence-electron chi connectivity index (χ0n) is 9.69. The predicted molar refractivity (Wildman–Crippen MR) is 73.8 cm³/mol. The molecule has 0 radical (unpaired) electrons. The molecule has 4 rings (SSSR count). The summed E-state index contributed by atoms with van der Waals surface area (Å²) in [7, 11) is 0. The Bertz CT molecular complexity index is 893. The van der Waals surface area contributed by atoms with Gasteiger partial charge in [0.2, 0.25) is 0 Å². The molecule has 0 amide bonds. The Labute approximate surface area is 111 Å². The van der Waals surface area contributed by atoms with E-state index >= 15 is 0 Å². The highest BCUT2D eigenvalue weighted by Crippen LogP contribution is 2.28. The molecule has 4 aromatic rings. The van der Waals surface area contributed by atoms with E-state index in [9.17, 15) is 0 Å². The van der Waals surface area contributed by atoms with Crippen LogP contribution < -0.4 is 5.73 Å². The van der Waals surface area contributed by atoms with E-state index in [1.807, 2.05) is 30.3 Å². The van der Waals surface area contributed by atoms with Gasteiger partial charge in [-0.2, -0.15) is 9.61 Å². The number of anilines is 1. The lowest BCUT2D eigenvalue weighted by atomic mass is 10.2. The lowest BCUT2D eigenvalue weighted by Crippen LogP contribution is -1.93. The molecular weight excluding hydrogens is 260 g/mol. The second-order valence-electron chi connectivity index (χ2n) is 4.05. The van der Waals surface area contributed by atoms with E-state index in [0.29, 0.717) is 11.0 Å². The van der Waals surface area contributed by atoms with Crippen LogP contribution in [0.3, 0.4) is 0 Å². The van der Waals surface area contributed by atoms with Crippen molar-refractivity contribution in [1.29, 1.82) is 0 Å². The summed E-state index contributed by atoms with van der Waals surface area (Å²) >= 11 is 1.46. The Hall–Kier alpha value is -2.54. The first kappa shape index (κ1) is 10.4. The first-order chi connectivity index (χ1) is 9.31. The van der Waals surface area contributed by atoms with E-state index < -0.39 is 0 Å². The second kappa shape index (κ2) is 3.72. The third-order valence-electron chi connectivity index (χ3n) is 2.84. The number of nitrogens with two attached hydrogens (primary N) is 1. The molecule has 6 nitrogen and oxygen atoms in total. The van der Waals surface area contributed by atoms with Gasteiger partial charge in [0.25, 0.3) is 0 Å². The standard InChI is InChI=1S/C12H8N6S/c13-12-15-8-4-3-7(6-9(8)19-12)11-17-16-10-2-1-5-14-18(10)11/h1-6H,(H2,13,15). The smallest absolute Gasteiger partial charge is 0.185 e. The van der Waals surface area contributed by atoms with Crippen molar-refractivity contribution in [2.24, 2.45) is 0 Å². The molecule has 0 aliphatic heterocycles. The van der Waals surface area contributed by atoms with Crippen LogP contribution in [0.1, 0.15) is 0 Å². The molecule has 0 spiro atoms. The van der Waals surface area contributed by atoms with Crippen molar-refractivity contribution < 1.29 is 0 Å². The monoisotopic (exact) mass is 268 g/mol. The molecule has 92 valence electrons. The third kappa shape index (κ3) is 1.55. The summed E-state index contributed by atoms with van der Waals surface area (Å²) in [5, 5.41) is 13.1. The van der Waals surface area contributed by atoms with E-state index in [1.54, 1.807) is 10.7 Å². The number of rotatable bonds is 1. The molecule has 0 aliphatic carbocycles. The Morgan fingerprint density at radius 2 is 2.11 bits per heavy atom. The van der Waals surface area contributed by atoms with E-state index in [4.69, 9.17) is 5.73 Å². The van der Waals surface area contributed by atoms with Crippen LogP contribution in [0.15, 0.2) is 36.5 Å². The van der Waals surface area contributed by atoms with Crippen molar-refractivity contribution in [2.75, 3.05) is 5.73 Å². The van der Waals surface area contributed by atoms with Gasteiger partial charge in [-0.1, -0.05) is 11.3 Å². The van der Waals surface area contributed by atoms with Crippen LogP contribution in [0.5, 0.6) is 0 Å². The van der Waals surface area contributed by atoms with Gasteiger partial charge >= 0.3 is 0 Å². The van der Waals surface area contributed by atoms with Gasteiger partial charge in [-0.15, -0.1) is 10.2 Å². The molecule has 0 fully saturated rings. The van der Waals surface area contributed by atoms with Gasteiger partial charge in [0, 0.05) is 11.8 Å². The van der Waals surface area contributed by atoms with Crippen molar-refractivity contribution in [3.05, 3.63) is 36.5 Å². The largest absolute Gasteiger partial charge is 0.375 e. The minimum absolute atomic E-state index is 0.566. The summed E-state index contributed by atoms with van der Waals surface area (Å²) in [4.78, 5) is 4.24. The quantitative estimate of drug-likeness (QED) is 0.571. The van der Waals surface area contributed by atoms with Crippen LogP contribution in [-0.2, 0) is 0 Å². The second-order valence-corrected chi connectivity index (χ2v) is 5.11. The number of nitrogen functional groups attached to an aromatic ring is 1. The average Bonchev–Trinajstić information content (AvgIpc) is 2.99. The number of nitrogens with zero attached hydrogens (tertiary/aromatic N) is 5. The molecule has 0 aliphatic rings. The van der Waals surface area contributed by atoms with Gasteiger partial charge in [0.15, 0.2) is 16.6 Å². The van der Waals surface area contributed by atoms with Gasteiger partial charge in [-0.25, -0.2) is 4.98 Å². The molecule has 0 saturated carbocycles. The molecule has 3 heterocycles. The Morgan fingerprint density at radius 1 is 1.16 bits per heavy atom. The van der Waals surface area contributed by atoms with Gasteiger partial charge in [-0.3, -0.25) is 0 Å². The van der Waals surface area contributed by atoms with Gasteiger partial charge in [0.05, 0.1) is 10.2 Å². The molecular formula is C12H8N6S. The predicted octanol–water partition coefficient (Wildman–Crippen LogP) is 1.98. The molecule has 0 saturated heterocycles. The summed E-state index contributed by atoms with van der Waals surface area (Å²) in [5.74, 6) is 0.712. The molecule has 3 aromatic heterocycles. The van der Waals surface area contributed by atoms with E-state index in [2.05, 4.69) is 20.3 Å². The van der Waals surface area contributed by atoms with E-state index in [-0.39, 0.29) is 0 Å². The maximum Gasteiger partial charge on any atom is 0.185 e. The lowest BCUT2D eigenvalue weighted by molar-refractivity contribution is 0.936. The molecule has 2 N–H and O–H groups in total. The fourth-order valence-electron chi connectivity index (χ4n) is 2.01. The first-order valence-electron chi connectivity index (χ1n) is 5.64. The highest BCUT2D eigenvalue weighted by Gasteiger charge is 2.10. The fourth-order valence-corrected chi connectivity index (χ4v) is 2.78. The van der Waals surface area contributed by atoms with Crippen LogP contribution in [-0.4, -0.2) is 24.8 Å². The van der Waals surface area contributed by atoms with Crippen LogP contribution >= 0.6 is 11.3 Å². The summed E-state index contributed by atoms with van der Waals surface area (Å²) in [6, 6.07) is 9.59. The minimum Gasteiger partial charge on any atom is -0.375 e. The molecule has 0 bridgehead atoms. The van der Waals surface area contributed by atoms with Gasteiger partial charge < -0.3 is 5.73 Å². The Balaban J connectivity index is 1.98. The normalized spacial score (nSPS) is 11.4. The zero-order valence-corrected chi connectivity index (χ0v) is 10.5. The minimum atomic E-state index is 0.566. The van der Waals surface area contributed by atoms with Crippen molar-refractivity contribution >= 4 is 32.3 Å². The van der Waals surface area contributed by atoms with Crippen molar-refractivity contribution in [2.45, 2.75) is 0 Å². The van der Waals surface area contributed by atoms with Crippen LogP contribution in [0.4, 0.5) is 5.13 Å². The van der Waals surface area contributed by atoms with E-state index in [1.165, 1.54) is 11.3 Å². The molecule has 0 unspecified atom stereocenters. The molecule has 1 aromatic carbocycles. The van der Waals surface area contributed by atoms with Gasteiger partial charge in [-0.05, 0) is 30.3 Å². The van der Waals surface area contributed by atoms with E-state index in [0.717, 1.165) is 21.4 Å². The molecule has 0 atom stereocenters. The number of fused-ring (bicyclic) bond motifs is 2. The Morgan fingerprint density at radius 3 is 3.05 bits per heavy atom. The highest BCUT2D eigenvalue weighted by molar-refractivity contribution is 7.22. The van der Waals surface area contributed by atoms with Crippen molar-refractivity contribution in [3.8, 4) is 11.4 Å². The number of thiazole rings is 1. The van der Waals surface area contributed by atoms with Crippen molar-refractivity contribution in [1.82, 2.24) is 24.8 Å². The number of aromatic nitrogens is 5. The molecule has 19 heavy (non-hydrogen) atoms. The number of hydrogen-bond donors (Lipinski definition) is 1. The summed E-state index contributed by atoms with van der Waals surface area (Å²) in [6.45, 7) is 0. The average molecular weight is 268 g/mol. The van der Waals surface area contributed by atoms with Crippen LogP contribution in [0.2, 0.25) is 0 Å². The lowest BCUT2D eigenvalue weighted by Gasteiger charge is -1.98. The summed E-state index contributed by atoms with van der Waals surface area (Å²) < 4.78 is 2.74. The topological polar surface area (TPSA) is 82.0 Å². The number of hydrogen-bond acceptors (Lipinski definition) is 6. The first-order valence-corrected chi connectivity index (χ1v) is 6.46. The maximum absolute atomic E-state index is 5.71. The third-order valence-corrected chi connectivity index (χ3v) is 3.69. The highest BCUT2D eigenvalue weighted by atomic mass is 32.1. The summed E-state index contributed by atoms with van der Waals surface area (Å²) in [5.41, 5.74) is 8.28. The maximum atomic E-state index is 5.71.